The van der Waals surface area contributed by atoms with Crippen molar-refractivity contribution in [1.29, 1.82) is 0 Å². The molecule has 1 aromatic heterocycles. The maximum atomic E-state index is 6.22. The molecule has 0 aliphatic carbocycles. The summed E-state index contributed by atoms with van der Waals surface area (Å²) in [5.41, 5.74) is 1.08. The highest BCUT2D eigenvalue weighted by atomic mass is 79.9. The van der Waals surface area contributed by atoms with E-state index in [1.54, 1.807) is 11.3 Å². The molecule has 5 heteroatoms. The van der Waals surface area contributed by atoms with E-state index in [0.29, 0.717) is 0 Å². The zero-order valence-corrected chi connectivity index (χ0v) is 14.2. The van der Waals surface area contributed by atoms with E-state index in [4.69, 9.17) is 11.6 Å². The molecular weight excluding hydrogens is 439 g/mol. The molecule has 2 aromatic rings. The van der Waals surface area contributed by atoms with Gasteiger partial charge in [-0.2, -0.15) is 0 Å². The Kier molecular flexibility index (Phi) is 4.52. The third kappa shape index (κ3) is 2.72. The number of alkyl halides is 1. The van der Waals surface area contributed by atoms with Crippen LogP contribution in [0.15, 0.2) is 38.6 Å². The van der Waals surface area contributed by atoms with E-state index < -0.39 is 0 Å². The molecule has 1 aromatic carbocycles. The summed E-state index contributed by atoms with van der Waals surface area (Å²) < 4.78 is 2.10. The van der Waals surface area contributed by atoms with Gasteiger partial charge < -0.3 is 0 Å². The number of hydrogen-bond donors (Lipinski definition) is 0. The topological polar surface area (TPSA) is 0 Å². The quantitative estimate of drug-likeness (QED) is 0.469. The molecule has 0 N–H and O–H groups in total. The second kappa shape index (κ2) is 5.53. The van der Waals surface area contributed by atoms with Crippen LogP contribution in [0.4, 0.5) is 0 Å². The Hall–Kier alpha value is 0.650. The standard InChI is InChI=1S/C11H6Br3ClS/c12-6-1-2-7(9(15)5-6)10(14)11-8(13)3-4-16-11/h1-5,10H. The molecule has 0 bridgehead atoms. The Morgan fingerprint density at radius 3 is 2.50 bits per heavy atom. The fraction of sp³-hybridized carbons (Fsp3) is 0.0909. The Balaban J connectivity index is 2.41. The molecule has 0 saturated heterocycles. The van der Waals surface area contributed by atoms with Gasteiger partial charge in [0.1, 0.15) is 0 Å². The fourth-order valence-electron chi connectivity index (χ4n) is 1.33. The minimum Gasteiger partial charge on any atom is -0.146 e. The summed E-state index contributed by atoms with van der Waals surface area (Å²) in [4.78, 5) is 1.35. The molecule has 0 radical (unpaired) electrons. The Morgan fingerprint density at radius 2 is 1.94 bits per heavy atom. The summed E-state index contributed by atoms with van der Waals surface area (Å²) >= 11 is 18.5. The highest BCUT2D eigenvalue weighted by Crippen LogP contribution is 2.41. The fourth-order valence-corrected chi connectivity index (χ4v) is 5.12. The van der Waals surface area contributed by atoms with Crippen molar-refractivity contribution in [3.8, 4) is 0 Å². The van der Waals surface area contributed by atoms with E-state index in [9.17, 15) is 0 Å². The second-order valence-electron chi connectivity index (χ2n) is 3.16. The number of hydrogen-bond acceptors (Lipinski definition) is 1. The van der Waals surface area contributed by atoms with Crippen LogP contribution in [0.25, 0.3) is 0 Å². The molecule has 84 valence electrons. The third-order valence-electron chi connectivity index (χ3n) is 2.11. The molecule has 0 spiro atoms. The molecule has 1 unspecified atom stereocenters. The van der Waals surface area contributed by atoms with E-state index in [1.165, 1.54) is 4.88 Å². The molecule has 0 aliphatic rings. The third-order valence-corrected chi connectivity index (χ3v) is 6.12. The van der Waals surface area contributed by atoms with Gasteiger partial charge in [0.25, 0.3) is 0 Å². The van der Waals surface area contributed by atoms with Crippen molar-refractivity contribution in [3.63, 3.8) is 0 Å². The molecule has 0 nitrogen and oxygen atoms in total. The maximum absolute atomic E-state index is 6.22. The summed E-state index contributed by atoms with van der Waals surface area (Å²) in [5.74, 6) is 0. The highest BCUT2D eigenvalue weighted by molar-refractivity contribution is 9.11. The average Bonchev–Trinajstić information content (AvgIpc) is 2.63. The van der Waals surface area contributed by atoms with E-state index in [2.05, 4.69) is 53.2 Å². The monoisotopic (exact) mass is 442 g/mol. The summed E-state index contributed by atoms with van der Waals surface area (Å²) in [6, 6.07) is 7.97. The SMILES string of the molecule is Clc1cc(Br)ccc1C(Br)c1sccc1Br. The molecule has 0 fully saturated rings. The van der Waals surface area contributed by atoms with Gasteiger partial charge in [0, 0.05) is 18.8 Å². The van der Waals surface area contributed by atoms with E-state index in [0.717, 1.165) is 19.5 Å². The first-order valence-corrected chi connectivity index (χ1v) is 8.17. The predicted molar refractivity (Wildman–Crippen MR) is 81.9 cm³/mol. The molecular formula is C11H6Br3ClS. The number of benzene rings is 1. The van der Waals surface area contributed by atoms with Crippen LogP contribution >= 0.6 is 70.7 Å². The van der Waals surface area contributed by atoms with Crippen molar-refractivity contribution in [2.75, 3.05) is 0 Å². The first-order chi connectivity index (χ1) is 7.59. The largest absolute Gasteiger partial charge is 0.146 e. The summed E-state index contributed by atoms with van der Waals surface area (Å²) in [6.45, 7) is 0. The minimum atomic E-state index is 0.127. The minimum absolute atomic E-state index is 0.127. The Labute approximate surface area is 128 Å². The summed E-state index contributed by atoms with van der Waals surface area (Å²) in [5, 5.41) is 2.82. The van der Waals surface area contributed by atoms with Gasteiger partial charge in [0.2, 0.25) is 0 Å². The molecule has 16 heavy (non-hydrogen) atoms. The summed E-state index contributed by atoms with van der Waals surface area (Å²) in [7, 11) is 0. The molecule has 0 amide bonds. The average molecular weight is 445 g/mol. The van der Waals surface area contributed by atoms with Crippen molar-refractivity contribution in [2.24, 2.45) is 0 Å². The molecule has 2 rings (SSSR count). The van der Waals surface area contributed by atoms with Gasteiger partial charge in [0.05, 0.1) is 4.83 Å². The van der Waals surface area contributed by atoms with Crippen molar-refractivity contribution >= 4 is 70.7 Å². The van der Waals surface area contributed by atoms with Crippen molar-refractivity contribution < 1.29 is 0 Å². The first-order valence-electron chi connectivity index (χ1n) is 4.41. The van der Waals surface area contributed by atoms with Gasteiger partial charge in [-0.3, -0.25) is 0 Å². The van der Waals surface area contributed by atoms with Crippen LogP contribution in [0.1, 0.15) is 15.3 Å². The lowest BCUT2D eigenvalue weighted by atomic mass is 10.1. The first kappa shape index (κ1) is 13.1. The lowest BCUT2D eigenvalue weighted by molar-refractivity contribution is 1.21. The normalized spacial score (nSPS) is 12.8. The van der Waals surface area contributed by atoms with Gasteiger partial charge in [-0.15, -0.1) is 11.3 Å². The smallest absolute Gasteiger partial charge is 0.0763 e. The molecule has 1 atom stereocenters. The van der Waals surface area contributed by atoms with Gasteiger partial charge in [0.15, 0.2) is 0 Å². The van der Waals surface area contributed by atoms with Gasteiger partial charge >= 0.3 is 0 Å². The summed E-state index contributed by atoms with van der Waals surface area (Å²) in [6.07, 6.45) is 0. The Morgan fingerprint density at radius 1 is 1.19 bits per heavy atom. The second-order valence-corrected chi connectivity index (χ2v) is 7.20. The number of rotatable bonds is 2. The van der Waals surface area contributed by atoms with Gasteiger partial charge in [-0.1, -0.05) is 49.5 Å². The van der Waals surface area contributed by atoms with Gasteiger partial charge in [-0.25, -0.2) is 0 Å². The zero-order chi connectivity index (χ0) is 11.7. The van der Waals surface area contributed by atoms with Crippen molar-refractivity contribution in [3.05, 3.63) is 54.1 Å². The van der Waals surface area contributed by atoms with Crippen molar-refractivity contribution in [1.82, 2.24) is 0 Å². The van der Waals surface area contributed by atoms with Crippen LogP contribution in [-0.4, -0.2) is 0 Å². The van der Waals surface area contributed by atoms with Gasteiger partial charge in [-0.05, 0) is 45.1 Å². The van der Waals surface area contributed by atoms with Crippen LogP contribution in [0.5, 0.6) is 0 Å². The lowest BCUT2D eigenvalue weighted by Gasteiger charge is -2.11. The predicted octanol–water partition coefficient (Wildman–Crippen LogP) is 6.41. The van der Waals surface area contributed by atoms with Crippen LogP contribution in [0, 0.1) is 0 Å². The van der Waals surface area contributed by atoms with Crippen LogP contribution < -0.4 is 0 Å². The number of halogens is 4. The van der Waals surface area contributed by atoms with E-state index in [-0.39, 0.29) is 4.83 Å². The van der Waals surface area contributed by atoms with E-state index in [1.807, 2.05) is 24.3 Å². The van der Waals surface area contributed by atoms with Crippen LogP contribution in [0.3, 0.4) is 0 Å². The van der Waals surface area contributed by atoms with Crippen LogP contribution in [0.2, 0.25) is 5.02 Å². The Bertz CT molecular complexity index is 510. The number of thiophene rings is 1. The molecule has 1 heterocycles. The zero-order valence-electron chi connectivity index (χ0n) is 7.88. The van der Waals surface area contributed by atoms with Crippen LogP contribution in [-0.2, 0) is 0 Å². The van der Waals surface area contributed by atoms with E-state index >= 15 is 0 Å². The molecule has 0 aliphatic heterocycles. The molecule has 0 saturated carbocycles. The van der Waals surface area contributed by atoms with Crippen molar-refractivity contribution in [2.45, 2.75) is 4.83 Å². The maximum Gasteiger partial charge on any atom is 0.0763 e. The lowest BCUT2D eigenvalue weighted by Crippen LogP contribution is -1.91. The highest BCUT2D eigenvalue weighted by Gasteiger charge is 2.17.